The maximum atomic E-state index is 3.88. The standard InChI is InChI=1S/C23H21BrN2.ClH/c1-15-9-10-20-19-11-12-25-13-21(19)26(23(20)22(15)24)14-17-7-4-6-16-5-2-3-8-18(16)17;/h2-10,25H,11-14H2,1H3;1H. The van der Waals surface area contributed by atoms with Crippen molar-refractivity contribution in [3.63, 3.8) is 0 Å². The molecule has 1 aliphatic rings. The van der Waals surface area contributed by atoms with Crippen LogP contribution in [-0.2, 0) is 19.5 Å². The van der Waals surface area contributed by atoms with Gasteiger partial charge in [-0.3, -0.25) is 0 Å². The summed E-state index contributed by atoms with van der Waals surface area (Å²) < 4.78 is 3.75. The van der Waals surface area contributed by atoms with E-state index in [2.05, 4.69) is 87.3 Å². The first-order valence-electron chi connectivity index (χ1n) is 9.20. The first-order chi connectivity index (χ1) is 12.7. The normalized spacial score (nSPS) is 13.6. The molecule has 1 aromatic heterocycles. The van der Waals surface area contributed by atoms with Crippen LogP contribution in [0.25, 0.3) is 21.7 Å². The van der Waals surface area contributed by atoms with Crippen LogP contribution in [0.3, 0.4) is 0 Å². The molecule has 5 rings (SSSR count). The lowest BCUT2D eigenvalue weighted by molar-refractivity contribution is 0.603. The second-order valence-corrected chi connectivity index (χ2v) is 7.96. The van der Waals surface area contributed by atoms with Gasteiger partial charge in [0.1, 0.15) is 0 Å². The number of rotatable bonds is 2. The molecule has 4 heteroatoms. The number of fused-ring (bicyclic) bond motifs is 4. The van der Waals surface area contributed by atoms with Crippen LogP contribution in [0.15, 0.2) is 59.1 Å². The summed E-state index contributed by atoms with van der Waals surface area (Å²) in [6.45, 7) is 5.08. The number of aromatic nitrogens is 1. The Hall–Kier alpha value is -1.81. The average Bonchev–Trinajstić information content (AvgIpc) is 2.99. The highest BCUT2D eigenvalue weighted by molar-refractivity contribution is 9.10. The van der Waals surface area contributed by atoms with E-state index >= 15 is 0 Å². The van der Waals surface area contributed by atoms with E-state index in [1.54, 1.807) is 0 Å². The lowest BCUT2D eigenvalue weighted by atomic mass is 10.0. The molecule has 138 valence electrons. The average molecular weight is 442 g/mol. The lowest BCUT2D eigenvalue weighted by Crippen LogP contribution is -2.25. The molecular formula is C23H22BrClN2. The first kappa shape index (κ1) is 18.5. The summed E-state index contributed by atoms with van der Waals surface area (Å²) in [7, 11) is 0. The zero-order chi connectivity index (χ0) is 17.7. The van der Waals surface area contributed by atoms with Crippen molar-refractivity contribution in [1.29, 1.82) is 0 Å². The predicted octanol–water partition coefficient (Wildman–Crippen LogP) is 5.98. The smallest absolute Gasteiger partial charge is 0.0636 e. The molecule has 1 N–H and O–H groups in total. The SMILES string of the molecule is Cc1ccc2c3c(n(Cc4cccc5ccccc45)c2c1Br)CNCC3.Cl. The van der Waals surface area contributed by atoms with Gasteiger partial charge in [0.25, 0.3) is 0 Å². The highest BCUT2D eigenvalue weighted by Crippen LogP contribution is 2.36. The predicted molar refractivity (Wildman–Crippen MR) is 120 cm³/mol. The van der Waals surface area contributed by atoms with Gasteiger partial charge in [0.15, 0.2) is 0 Å². The molecule has 4 aromatic rings. The Kier molecular flexibility index (Phi) is 5.02. The Morgan fingerprint density at radius 1 is 1.00 bits per heavy atom. The van der Waals surface area contributed by atoms with E-state index < -0.39 is 0 Å². The van der Waals surface area contributed by atoms with E-state index in [-0.39, 0.29) is 12.4 Å². The van der Waals surface area contributed by atoms with Crippen LogP contribution in [-0.4, -0.2) is 11.1 Å². The van der Waals surface area contributed by atoms with E-state index in [1.165, 1.54) is 48.5 Å². The van der Waals surface area contributed by atoms with E-state index in [1.807, 2.05) is 0 Å². The number of benzene rings is 3. The van der Waals surface area contributed by atoms with Crippen LogP contribution in [0.5, 0.6) is 0 Å². The number of halogens is 2. The summed E-state index contributed by atoms with van der Waals surface area (Å²) in [4.78, 5) is 0. The summed E-state index contributed by atoms with van der Waals surface area (Å²) in [6.07, 6.45) is 1.10. The molecule has 0 amide bonds. The Labute approximate surface area is 174 Å². The van der Waals surface area contributed by atoms with Gasteiger partial charge in [-0.2, -0.15) is 0 Å². The largest absolute Gasteiger partial charge is 0.338 e. The molecular weight excluding hydrogens is 420 g/mol. The fourth-order valence-electron chi connectivity index (χ4n) is 4.30. The van der Waals surface area contributed by atoms with Crippen molar-refractivity contribution in [2.75, 3.05) is 6.54 Å². The number of aryl methyl sites for hydroxylation is 1. The zero-order valence-electron chi connectivity index (χ0n) is 15.3. The summed E-state index contributed by atoms with van der Waals surface area (Å²) in [5.41, 5.74) is 6.96. The van der Waals surface area contributed by atoms with Gasteiger partial charge in [0, 0.05) is 28.6 Å². The van der Waals surface area contributed by atoms with Crippen LogP contribution < -0.4 is 5.32 Å². The van der Waals surface area contributed by atoms with E-state index in [9.17, 15) is 0 Å². The van der Waals surface area contributed by atoms with Crippen molar-refractivity contribution in [2.45, 2.75) is 26.4 Å². The molecule has 0 bridgehead atoms. The number of nitrogens with zero attached hydrogens (tertiary/aromatic N) is 1. The molecule has 0 radical (unpaired) electrons. The first-order valence-corrected chi connectivity index (χ1v) is 10.00. The van der Waals surface area contributed by atoms with Crippen molar-refractivity contribution < 1.29 is 0 Å². The minimum absolute atomic E-state index is 0. The topological polar surface area (TPSA) is 17.0 Å². The van der Waals surface area contributed by atoms with Gasteiger partial charge in [0.05, 0.1) is 5.52 Å². The molecule has 0 aliphatic carbocycles. The summed E-state index contributed by atoms with van der Waals surface area (Å²) in [6, 6.07) is 19.9. The molecule has 0 atom stereocenters. The van der Waals surface area contributed by atoms with E-state index in [0.29, 0.717) is 0 Å². The maximum absolute atomic E-state index is 3.88. The van der Waals surface area contributed by atoms with Gasteiger partial charge in [-0.25, -0.2) is 0 Å². The summed E-state index contributed by atoms with van der Waals surface area (Å²) in [5.74, 6) is 0. The van der Waals surface area contributed by atoms with E-state index in [0.717, 1.165) is 26.1 Å². The van der Waals surface area contributed by atoms with Gasteiger partial charge in [0.2, 0.25) is 0 Å². The van der Waals surface area contributed by atoms with Gasteiger partial charge in [-0.05, 0) is 63.3 Å². The third-order valence-electron chi connectivity index (χ3n) is 5.63. The number of hydrogen-bond acceptors (Lipinski definition) is 1. The molecule has 0 saturated carbocycles. The Balaban J connectivity index is 0.00000180. The molecule has 2 heterocycles. The monoisotopic (exact) mass is 440 g/mol. The van der Waals surface area contributed by atoms with Crippen LogP contribution in [0, 0.1) is 6.92 Å². The van der Waals surface area contributed by atoms with Crippen molar-refractivity contribution in [2.24, 2.45) is 0 Å². The van der Waals surface area contributed by atoms with Gasteiger partial charge < -0.3 is 9.88 Å². The van der Waals surface area contributed by atoms with Gasteiger partial charge >= 0.3 is 0 Å². The second kappa shape index (κ2) is 7.31. The van der Waals surface area contributed by atoms with Crippen LogP contribution in [0.4, 0.5) is 0 Å². The quantitative estimate of drug-likeness (QED) is 0.405. The van der Waals surface area contributed by atoms with E-state index in [4.69, 9.17) is 0 Å². The van der Waals surface area contributed by atoms with Crippen molar-refractivity contribution in [3.8, 4) is 0 Å². The molecule has 3 aromatic carbocycles. The third kappa shape index (κ3) is 2.98. The zero-order valence-corrected chi connectivity index (χ0v) is 17.7. The lowest BCUT2D eigenvalue weighted by Gasteiger charge is -2.18. The molecule has 1 aliphatic heterocycles. The molecule has 0 fully saturated rings. The Bertz CT molecular complexity index is 1140. The van der Waals surface area contributed by atoms with Crippen LogP contribution >= 0.6 is 28.3 Å². The van der Waals surface area contributed by atoms with Crippen LogP contribution in [0.2, 0.25) is 0 Å². The fraction of sp³-hybridized carbons (Fsp3) is 0.217. The van der Waals surface area contributed by atoms with Gasteiger partial charge in [-0.15, -0.1) is 12.4 Å². The van der Waals surface area contributed by atoms with Crippen molar-refractivity contribution in [3.05, 3.63) is 81.5 Å². The molecule has 0 saturated heterocycles. The minimum Gasteiger partial charge on any atom is -0.338 e. The van der Waals surface area contributed by atoms with Gasteiger partial charge in [-0.1, -0.05) is 54.6 Å². The summed E-state index contributed by atoms with van der Waals surface area (Å²) in [5, 5.41) is 7.62. The Morgan fingerprint density at radius 3 is 2.70 bits per heavy atom. The highest BCUT2D eigenvalue weighted by atomic mass is 79.9. The van der Waals surface area contributed by atoms with Crippen molar-refractivity contribution >= 4 is 50.0 Å². The number of nitrogens with one attached hydrogen (secondary N) is 1. The molecule has 0 unspecified atom stereocenters. The molecule has 27 heavy (non-hydrogen) atoms. The second-order valence-electron chi connectivity index (χ2n) is 7.17. The van der Waals surface area contributed by atoms with Crippen LogP contribution in [0.1, 0.15) is 22.4 Å². The third-order valence-corrected chi connectivity index (χ3v) is 6.63. The Morgan fingerprint density at radius 2 is 1.81 bits per heavy atom. The number of hydrogen-bond donors (Lipinski definition) is 1. The minimum atomic E-state index is 0. The summed E-state index contributed by atoms with van der Waals surface area (Å²) >= 11 is 3.88. The molecule has 2 nitrogen and oxygen atoms in total. The molecule has 0 spiro atoms. The highest BCUT2D eigenvalue weighted by Gasteiger charge is 2.22. The maximum Gasteiger partial charge on any atom is 0.0636 e. The fourth-order valence-corrected chi connectivity index (χ4v) is 4.86. The van der Waals surface area contributed by atoms with Crippen molar-refractivity contribution in [1.82, 2.24) is 9.88 Å².